The highest BCUT2D eigenvalue weighted by Crippen LogP contribution is 2.16. The third-order valence-electron chi connectivity index (χ3n) is 12.8. The third kappa shape index (κ3) is 52.6. The van der Waals surface area contributed by atoms with Gasteiger partial charge in [0.05, 0.1) is 0 Å². The Balaban J connectivity index is 4.33. The van der Waals surface area contributed by atoms with Crippen molar-refractivity contribution in [3.63, 3.8) is 0 Å². The Morgan fingerprint density at radius 1 is 0.288 bits per heavy atom. The largest absolute Gasteiger partial charge is 0.462 e. The summed E-state index contributed by atoms with van der Waals surface area (Å²) in [4.78, 5) is 38.1. The fraction of sp³-hybridized carbons (Fsp3) is 0.850. The van der Waals surface area contributed by atoms with Crippen LogP contribution in [0.4, 0.5) is 0 Å². The lowest BCUT2D eigenvalue weighted by Crippen LogP contribution is -2.30. The van der Waals surface area contributed by atoms with Crippen molar-refractivity contribution in [2.75, 3.05) is 13.2 Å². The first kappa shape index (κ1) is 63.6. The maximum absolute atomic E-state index is 12.8. The summed E-state index contributed by atoms with van der Waals surface area (Å²) in [6.07, 6.45) is 65.6. The van der Waals surface area contributed by atoms with Gasteiger partial charge in [0.15, 0.2) is 6.10 Å². The molecule has 0 saturated heterocycles. The number of ether oxygens (including phenoxy) is 3. The minimum atomic E-state index is -0.778. The first-order chi connectivity index (χ1) is 32.5. The summed E-state index contributed by atoms with van der Waals surface area (Å²) in [6.45, 7) is 6.63. The molecule has 6 nitrogen and oxygen atoms in total. The first-order valence-corrected chi connectivity index (χ1v) is 29.0. The van der Waals surface area contributed by atoms with Crippen molar-refractivity contribution in [2.24, 2.45) is 0 Å². The van der Waals surface area contributed by atoms with Gasteiger partial charge in [0.25, 0.3) is 0 Å². The Kier molecular flexibility index (Phi) is 53.2. The highest BCUT2D eigenvalue weighted by atomic mass is 16.6. The molecule has 0 heterocycles. The van der Waals surface area contributed by atoms with Crippen molar-refractivity contribution in [2.45, 2.75) is 316 Å². The third-order valence-corrected chi connectivity index (χ3v) is 12.8. The summed E-state index contributed by atoms with van der Waals surface area (Å²) in [5.74, 6) is -0.880. The van der Waals surface area contributed by atoms with E-state index in [9.17, 15) is 14.4 Å². The van der Waals surface area contributed by atoms with Crippen molar-refractivity contribution in [1.29, 1.82) is 0 Å². The van der Waals surface area contributed by atoms with Crippen molar-refractivity contribution in [3.05, 3.63) is 36.5 Å². The van der Waals surface area contributed by atoms with Gasteiger partial charge in [-0.1, -0.05) is 231 Å². The summed E-state index contributed by atoms with van der Waals surface area (Å²) in [7, 11) is 0. The van der Waals surface area contributed by atoms with E-state index in [2.05, 4.69) is 57.2 Å². The topological polar surface area (TPSA) is 78.9 Å². The van der Waals surface area contributed by atoms with Gasteiger partial charge in [0, 0.05) is 19.3 Å². The minimum absolute atomic E-state index is 0.0767. The SMILES string of the molecule is CCCCC/C=C\CCCCCCCC(=O)OC[C@H](COC(=O)CCCCCCCCC/C=C\CCCCCCCCCC)OC(=O)CCCCCCCCC/C=C\CCCCCCCC. The Bertz CT molecular complexity index is 1110. The molecule has 0 rings (SSSR count). The zero-order valence-corrected chi connectivity index (χ0v) is 44.2. The van der Waals surface area contributed by atoms with Gasteiger partial charge in [-0.2, -0.15) is 0 Å². The molecule has 0 radical (unpaired) electrons. The van der Waals surface area contributed by atoms with Crippen LogP contribution in [0.2, 0.25) is 0 Å². The smallest absolute Gasteiger partial charge is 0.306 e. The maximum Gasteiger partial charge on any atom is 0.306 e. The summed E-state index contributed by atoms with van der Waals surface area (Å²) < 4.78 is 16.9. The molecule has 386 valence electrons. The second-order valence-electron chi connectivity index (χ2n) is 19.5. The molecule has 0 aliphatic rings. The van der Waals surface area contributed by atoms with Crippen molar-refractivity contribution in [1.82, 2.24) is 0 Å². The zero-order chi connectivity index (χ0) is 47.9. The molecule has 0 N–H and O–H groups in total. The highest BCUT2D eigenvalue weighted by Gasteiger charge is 2.19. The van der Waals surface area contributed by atoms with Crippen LogP contribution in [-0.2, 0) is 28.6 Å². The molecule has 0 amide bonds. The van der Waals surface area contributed by atoms with Gasteiger partial charge in [-0.25, -0.2) is 0 Å². The average molecular weight is 928 g/mol. The van der Waals surface area contributed by atoms with Gasteiger partial charge in [0.1, 0.15) is 13.2 Å². The number of esters is 3. The second-order valence-corrected chi connectivity index (χ2v) is 19.5. The zero-order valence-electron chi connectivity index (χ0n) is 44.2. The lowest BCUT2D eigenvalue weighted by molar-refractivity contribution is -0.167. The number of unbranched alkanes of at least 4 members (excludes halogenated alkanes) is 36. The predicted octanol–water partition coefficient (Wildman–Crippen LogP) is 19.3. The van der Waals surface area contributed by atoms with E-state index in [1.165, 1.54) is 205 Å². The lowest BCUT2D eigenvalue weighted by Gasteiger charge is -2.18. The fourth-order valence-corrected chi connectivity index (χ4v) is 8.43. The van der Waals surface area contributed by atoms with E-state index in [0.717, 1.165) is 64.2 Å². The molecule has 0 aromatic heterocycles. The van der Waals surface area contributed by atoms with Crippen LogP contribution < -0.4 is 0 Å². The number of rotatable bonds is 53. The number of carbonyl (C=O) groups excluding carboxylic acids is 3. The molecule has 1 atom stereocenters. The molecule has 0 aromatic rings. The number of carbonyl (C=O) groups is 3. The van der Waals surface area contributed by atoms with Crippen LogP contribution in [-0.4, -0.2) is 37.2 Å². The van der Waals surface area contributed by atoms with Gasteiger partial charge < -0.3 is 14.2 Å². The normalized spacial score (nSPS) is 12.2. The molecule has 0 fully saturated rings. The van der Waals surface area contributed by atoms with Gasteiger partial charge >= 0.3 is 17.9 Å². The number of hydrogen-bond donors (Lipinski definition) is 0. The Labute approximate surface area is 410 Å². The maximum atomic E-state index is 12.8. The highest BCUT2D eigenvalue weighted by molar-refractivity contribution is 5.71. The quantitative estimate of drug-likeness (QED) is 0.0262. The van der Waals surface area contributed by atoms with Crippen LogP contribution in [0.25, 0.3) is 0 Å². The van der Waals surface area contributed by atoms with Crippen molar-refractivity contribution < 1.29 is 28.6 Å². The Morgan fingerprint density at radius 3 is 0.788 bits per heavy atom. The summed E-state index contributed by atoms with van der Waals surface area (Å²) in [5, 5.41) is 0. The Morgan fingerprint density at radius 2 is 0.500 bits per heavy atom. The van der Waals surface area contributed by atoms with Gasteiger partial charge in [-0.3, -0.25) is 14.4 Å². The first-order valence-electron chi connectivity index (χ1n) is 29.0. The molecule has 6 heteroatoms. The van der Waals surface area contributed by atoms with E-state index in [0.29, 0.717) is 19.3 Å². The monoisotopic (exact) mass is 927 g/mol. The molecule has 0 aliphatic heterocycles. The molecular weight excluding hydrogens is 817 g/mol. The average Bonchev–Trinajstić information content (AvgIpc) is 3.31. The minimum Gasteiger partial charge on any atom is -0.462 e. The molecule has 0 spiro atoms. The van der Waals surface area contributed by atoms with E-state index >= 15 is 0 Å². The lowest BCUT2D eigenvalue weighted by atomic mass is 10.1. The van der Waals surface area contributed by atoms with E-state index in [-0.39, 0.29) is 31.1 Å². The molecule has 0 saturated carbocycles. The van der Waals surface area contributed by atoms with Crippen LogP contribution >= 0.6 is 0 Å². The number of hydrogen-bond acceptors (Lipinski definition) is 6. The number of allylic oxidation sites excluding steroid dienone is 6. The summed E-state index contributed by atoms with van der Waals surface area (Å²) in [6, 6.07) is 0. The fourth-order valence-electron chi connectivity index (χ4n) is 8.43. The molecule has 0 aliphatic carbocycles. The van der Waals surface area contributed by atoms with Crippen molar-refractivity contribution in [3.8, 4) is 0 Å². The van der Waals surface area contributed by atoms with Crippen LogP contribution in [0.3, 0.4) is 0 Å². The van der Waals surface area contributed by atoms with E-state index < -0.39 is 6.10 Å². The van der Waals surface area contributed by atoms with Gasteiger partial charge in [-0.15, -0.1) is 0 Å². The Hall–Kier alpha value is -2.37. The van der Waals surface area contributed by atoms with Crippen molar-refractivity contribution >= 4 is 17.9 Å². The second kappa shape index (κ2) is 55.2. The van der Waals surface area contributed by atoms with Gasteiger partial charge in [-0.05, 0) is 96.3 Å². The van der Waals surface area contributed by atoms with Crippen LogP contribution in [0.5, 0.6) is 0 Å². The molecule has 0 unspecified atom stereocenters. The van der Waals surface area contributed by atoms with Crippen LogP contribution in [0.1, 0.15) is 310 Å². The van der Waals surface area contributed by atoms with E-state index in [4.69, 9.17) is 14.2 Å². The van der Waals surface area contributed by atoms with Gasteiger partial charge in [0.2, 0.25) is 0 Å². The summed E-state index contributed by atoms with van der Waals surface area (Å²) in [5.41, 5.74) is 0. The molecule has 0 aromatic carbocycles. The van der Waals surface area contributed by atoms with E-state index in [1.807, 2.05) is 0 Å². The molecule has 66 heavy (non-hydrogen) atoms. The standard InChI is InChI=1S/C60H110O6/c1-4-7-10-13-16-19-22-25-27-29-30-32-33-35-38-41-44-47-50-53-59(62)65-56-57(55-64-58(61)52-49-46-43-40-37-24-21-18-15-12-9-6-3)66-60(63)54-51-48-45-42-39-36-34-31-28-26-23-20-17-14-11-8-5-2/h18,21,26,28-30,57H,4-17,19-20,22-25,27,31-56H2,1-3H3/b21-18-,28-26-,30-29-/t57-/m1/s1. The molecule has 0 bridgehead atoms. The van der Waals surface area contributed by atoms with Crippen LogP contribution in [0, 0.1) is 0 Å². The van der Waals surface area contributed by atoms with Crippen LogP contribution in [0.15, 0.2) is 36.5 Å². The summed E-state index contributed by atoms with van der Waals surface area (Å²) >= 11 is 0. The van der Waals surface area contributed by atoms with E-state index in [1.54, 1.807) is 0 Å². The predicted molar refractivity (Wildman–Crippen MR) is 284 cm³/mol. The molecular formula is C60H110O6.